The fraction of sp³-hybridized carbons (Fsp3) is 0.467. The predicted octanol–water partition coefficient (Wildman–Crippen LogP) is 1.38. The fourth-order valence-electron chi connectivity index (χ4n) is 1.87. The summed E-state index contributed by atoms with van der Waals surface area (Å²) in [6, 6.07) is 7.45. The van der Waals surface area contributed by atoms with Crippen LogP contribution >= 0.6 is 0 Å². The molecule has 0 heterocycles. The van der Waals surface area contributed by atoms with E-state index in [4.69, 9.17) is 14.7 Å². The number of benzene rings is 1. The van der Waals surface area contributed by atoms with Crippen molar-refractivity contribution in [1.29, 1.82) is 5.26 Å². The summed E-state index contributed by atoms with van der Waals surface area (Å²) in [6.45, 7) is 4.71. The normalized spacial score (nSPS) is 11.3. The molecular weight excluding hydrogens is 270 g/mol. The number of nitrogens with zero attached hydrogens (tertiary/aromatic N) is 1. The van der Waals surface area contributed by atoms with Crippen molar-refractivity contribution < 1.29 is 14.3 Å². The van der Waals surface area contributed by atoms with Crippen LogP contribution in [-0.2, 0) is 4.79 Å². The third-order valence-corrected chi connectivity index (χ3v) is 2.92. The largest absolute Gasteiger partial charge is 0.497 e. The highest BCUT2D eigenvalue weighted by atomic mass is 16.5. The van der Waals surface area contributed by atoms with Crippen molar-refractivity contribution in [2.75, 3.05) is 26.8 Å². The number of methoxy groups -OCH3 is 1. The Kier molecular flexibility index (Phi) is 7.05. The molecule has 2 N–H and O–H groups in total. The lowest BCUT2D eigenvalue weighted by Crippen LogP contribution is -2.29. The average molecular weight is 291 g/mol. The van der Waals surface area contributed by atoms with Crippen LogP contribution in [0.1, 0.15) is 25.5 Å². The molecule has 0 radical (unpaired) electrons. The van der Waals surface area contributed by atoms with Crippen LogP contribution in [0.15, 0.2) is 18.2 Å². The van der Waals surface area contributed by atoms with E-state index in [1.54, 1.807) is 13.2 Å². The van der Waals surface area contributed by atoms with Crippen LogP contribution < -0.4 is 20.1 Å². The van der Waals surface area contributed by atoms with E-state index in [1.165, 1.54) is 0 Å². The van der Waals surface area contributed by atoms with Gasteiger partial charge in [0.1, 0.15) is 18.0 Å². The van der Waals surface area contributed by atoms with Crippen molar-refractivity contribution in [3.8, 4) is 17.6 Å². The van der Waals surface area contributed by atoms with E-state index in [1.807, 2.05) is 32.0 Å². The Morgan fingerprint density at radius 2 is 2.24 bits per heavy atom. The van der Waals surface area contributed by atoms with E-state index >= 15 is 0 Å². The minimum absolute atomic E-state index is 0.0268. The zero-order valence-corrected chi connectivity index (χ0v) is 12.6. The molecular formula is C15H21N3O3. The van der Waals surface area contributed by atoms with E-state index in [2.05, 4.69) is 10.6 Å². The topological polar surface area (TPSA) is 83.4 Å². The van der Waals surface area contributed by atoms with Gasteiger partial charge in [-0.25, -0.2) is 0 Å². The molecule has 0 spiro atoms. The first-order chi connectivity index (χ1) is 10.1. The van der Waals surface area contributed by atoms with Gasteiger partial charge in [0.15, 0.2) is 6.61 Å². The first-order valence-electron chi connectivity index (χ1n) is 6.80. The molecule has 6 nitrogen and oxygen atoms in total. The van der Waals surface area contributed by atoms with E-state index in [-0.39, 0.29) is 25.1 Å². The van der Waals surface area contributed by atoms with Crippen molar-refractivity contribution >= 4 is 5.91 Å². The highest BCUT2D eigenvalue weighted by Gasteiger charge is 2.13. The summed E-state index contributed by atoms with van der Waals surface area (Å²) in [6.07, 6.45) is 0. The van der Waals surface area contributed by atoms with Gasteiger partial charge in [0.05, 0.1) is 13.2 Å². The highest BCUT2D eigenvalue weighted by molar-refractivity contribution is 5.77. The molecule has 0 fully saturated rings. The molecule has 1 aromatic rings. The Morgan fingerprint density at radius 3 is 2.86 bits per heavy atom. The Morgan fingerprint density at radius 1 is 1.48 bits per heavy atom. The number of ether oxygens (including phenoxy) is 2. The fourth-order valence-corrected chi connectivity index (χ4v) is 1.87. The molecule has 1 rings (SSSR count). The van der Waals surface area contributed by atoms with Crippen LogP contribution in [-0.4, -0.2) is 32.7 Å². The molecule has 0 saturated carbocycles. The number of amides is 1. The molecule has 21 heavy (non-hydrogen) atoms. The van der Waals surface area contributed by atoms with E-state index < -0.39 is 0 Å². The molecule has 1 aromatic carbocycles. The molecule has 6 heteroatoms. The molecule has 0 aliphatic heterocycles. The molecule has 0 aliphatic rings. The second kappa shape index (κ2) is 8.82. The maximum Gasteiger partial charge on any atom is 0.258 e. The monoisotopic (exact) mass is 291 g/mol. The summed E-state index contributed by atoms with van der Waals surface area (Å²) >= 11 is 0. The van der Waals surface area contributed by atoms with Crippen LogP contribution in [0.5, 0.6) is 11.5 Å². The Labute approximate surface area is 125 Å². The number of nitrogens with one attached hydrogen (secondary N) is 2. The summed E-state index contributed by atoms with van der Waals surface area (Å²) in [7, 11) is 1.58. The summed E-state index contributed by atoms with van der Waals surface area (Å²) in [5, 5.41) is 14.1. The van der Waals surface area contributed by atoms with Gasteiger partial charge in [-0.1, -0.05) is 13.0 Å². The number of rotatable bonds is 8. The summed E-state index contributed by atoms with van der Waals surface area (Å²) in [5.74, 6) is 0.922. The number of carbonyl (C=O) groups is 1. The average Bonchev–Trinajstić information content (AvgIpc) is 2.50. The summed E-state index contributed by atoms with van der Waals surface area (Å²) in [5.41, 5.74) is 0.950. The predicted molar refractivity (Wildman–Crippen MR) is 79.2 cm³/mol. The summed E-state index contributed by atoms with van der Waals surface area (Å²) in [4.78, 5) is 11.5. The number of hydrogen-bond donors (Lipinski definition) is 2. The van der Waals surface area contributed by atoms with Crippen molar-refractivity contribution in [3.63, 3.8) is 0 Å². The lowest BCUT2D eigenvalue weighted by molar-refractivity contribution is -0.122. The van der Waals surface area contributed by atoms with Gasteiger partial charge in [-0.05, 0) is 19.5 Å². The number of carbonyl (C=O) groups excluding carboxylic acids is 1. The van der Waals surface area contributed by atoms with Crippen molar-refractivity contribution in [2.45, 2.75) is 19.9 Å². The molecule has 1 unspecified atom stereocenters. The van der Waals surface area contributed by atoms with Gasteiger partial charge in [-0.2, -0.15) is 5.26 Å². The molecule has 1 amide bonds. The maximum atomic E-state index is 11.5. The number of hydrogen-bond acceptors (Lipinski definition) is 5. The Bertz CT molecular complexity index is 511. The minimum Gasteiger partial charge on any atom is -0.497 e. The molecule has 0 bridgehead atoms. The SMILES string of the molecule is CCNC(C)c1ccc(OC)cc1OCC(=O)NCC#N. The molecule has 0 aliphatic carbocycles. The first kappa shape index (κ1) is 16.8. The van der Waals surface area contributed by atoms with Gasteiger partial charge in [-0.3, -0.25) is 4.79 Å². The van der Waals surface area contributed by atoms with Crippen molar-refractivity contribution in [3.05, 3.63) is 23.8 Å². The van der Waals surface area contributed by atoms with E-state index in [0.717, 1.165) is 12.1 Å². The second-order valence-corrected chi connectivity index (χ2v) is 4.41. The third-order valence-electron chi connectivity index (χ3n) is 2.92. The van der Waals surface area contributed by atoms with Gasteiger partial charge in [0.25, 0.3) is 5.91 Å². The smallest absolute Gasteiger partial charge is 0.258 e. The zero-order valence-electron chi connectivity index (χ0n) is 12.6. The molecule has 0 aromatic heterocycles. The van der Waals surface area contributed by atoms with Crippen LogP contribution in [0.25, 0.3) is 0 Å². The van der Waals surface area contributed by atoms with Gasteiger partial charge >= 0.3 is 0 Å². The number of nitriles is 1. The Balaban J connectivity index is 2.81. The quantitative estimate of drug-likeness (QED) is 0.707. The van der Waals surface area contributed by atoms with Gasteiger partial charge in [0.2, 0.25) is 0 Å². The lowest BCUT2D eigenvalue weighted by atomic mass is 10.1. The second-order valence-electron chi connectivity index (χ2n) is 4.41. The minimum atomic E-state index is -0.332. The van der Waals surface area contributed by atoms with Gasteiger partial charge < -0.3 is 20.1 Å². The lowest BCUT2D eigenvalue weighted by Gasteiger charge is -2.18. The highest BCUT2D eigenvalue weighted by Crippen LogP contribution is 2.29. The van der Waals surface area contributed by atoms with Gasteiger partial charge in [-0.15, -0.1) is 0 Å². The van der Waals surface area contributed by atoms with Crippen LogP contribution in [0, 0.1) is 11.3 Å². The first-order valence-corrected chi connectivity index (χ1v) is 6.80. The molecule has 114 valence electrons. The Hall–Kier alpha value is -2.26. The van der Waals surface area contributed by atoms with Gasteiger partial charge in [0, 0.05) is 17.7 Å². The van der Waals surface area contributed by atoms with Crippen LogP contribution in [0.3, 0.4) is 0 Å². The summed E-state index contributed by atoms with van der Waals surface area (Å²) < 4.78 is 10.7. The van der Waals surface area contributed by atoms with Crippen LogP contribution in [0.4, 0.5) is 0 Å². The third kappa shape index (κ3) is 5.32. The van der Waals surface area contributed by atoms with Crippen molar-refractivity contribution in [1.82, 2.24) is 10.6 Å². The standard InChI is InChI=1S/C15H21N3O3/c1-4-17-11(2)13-6-5-12(20-3)9-14(13)21-10-15(19)18-8-7-16/h5-6,9,11,17H,4,8,10H2,1-3H3,(H,18,19). The van der Waals surface area contributed by atoms with E-state index in [9.17, 15) is 4.79 Å². The molecule has 0 saturated heterocycles. The maximum absolute atomic E-state index is 11.5. The van der Waals surface area contributed by atoms with Crippen molar-refractivity contribution in [2.24, 2.45) is 0 Å². The zero-order chi connectivity index (χ0) is 15.7. The van der Waals surface area contributed by atoms with Crippen LogP contribution in [0.2, 0.25) is 0 Å². The van der Waals surface area contributed by atoms with E-state index in [0.29, 0.717) is 11.5 Å². The molecule has 1 atom stereocenters.